The maximum absolute atomic E-state index is 12.8. The zero-order valence-corrected chi connectivity index (χ0v) is 15.5. The van der Waals surface area contributed by atoms with E-state index in [0.717, 1.165) is 5.56 Å². The number of nitrogens with one attached hydrogen (secondary N) is 1. The molecule has 0 aliphatic heterocycles. The van der Waals surface area contributed by atoms with Crippen LogP contribution in [0.1, 0.15) is 49.2 Å². The van der Waals surface area contributed by atoms with E-state index in [1.165, 1.54) is 6.92 Å². The molecule has 2 aromatic carbocycles. The van der Waals surface area contributed by atoms with E-state index in [0.29, 0.717) is 16.8 Å². The number of sulfonamides is 1. The molecular weight excluding hydrogens is 322 g/mol. The minimum absolute atomic E-state index is 0.109. The Hall–Kier alpha value is -2.14. The Labute approximate surface area is 144 Å². The number of aryl methyl sites for hydroxylation is 1. The van der Waals surface area contributed by atoms with E-state index in [-0.39, 0.29) is 16.1 Å². The van der Waals surface area contributed by atoms with E-state index in [4.69, 9.17) is 0 Å². The summed E-state index contributed by atoms with van der Waals surface area (Å²) >= 11 is 0. The van der Waals surface area contributed by atoms with Crippen LogP contribution in [0.5, 0.6) is 0 Å². The number of hydrogen-bond donors (Lipinski definition) is 1. The highest BCUT2D eigenvalue weighted by molar-refractivity contribution is 7.92. The number of carbonyl (C=O) groups is 1. The van der Waals surface area contributed by atoms with Gasteiger partial charge in [-0.3, -0.25) is 9.52 Å². The molecule has 0 fully saturated rings. The van der Waals surface area contributed by atoms with Gasteiger partial charge in [0, 0.05) is 11.3 Å². The Balaban J connectivity index is 2.44. The molecule has 0 spiro atoms. The van der Waals surface area contributed by atoms with Crippen LogP contribution in [0.25, 0.3) is 0 Å². The molecule has 5 heteroatoms. The summed E-state index contributed by atoms with van der Waals surface area (Å²) in [6.07, 6.45) is 0. The van der Waals surface area contributed by atoms with Crippen molar-refractivity contribution < 1.29 is 13.2 Å². The van der Waals surface area contributed by atoms with Gasteiger partial charge < -0.3 is 0 Å². The third-order valence-electron chi connectivity index (χ3n) is 3.86. The number of carbonyl (C=O) groups excluding carboxylic acids is 1. The van der Waals surface area contributed by atoms with Gasteiger partial charge in [0.05, 0.1) is 4.90 Å². The molecule has 0 atom stereocenters. The van der Waals surface area contributed by atoms with Gasteiger partial charge in [0.1, 0.15) is 0 Å². The lowest BCUT2D eigenvalue weighted by Crippen LogP contribution is -2.17. The van der Waals surface area contributed by atoms with Crippen molar-refractivity contribution in [1.29, 1.82) is 0 Å². The predicted molar refractivity (Wildman–Crippen MR) is 97.1 cm³/mol. The lowest BCUT2D eigenvalue weighted by molar-refractivity contribution is 0.101. The second-order valence-corrected chi connectivity index (χ2v) is 8.62. The normalized spacial score (nSPS) is 12.0. The summed E-state index contributed by atoms with van der Waals surface area (Å²) in [7, 11) is -3.73. The van der Waals surface area contributed by atoms with Crippen molar-refractivity contribution in [3.05, 3.63) is 59.2 Å². The highest BCUT2D eigenvalue weighted by Gasteiger charge is 2.21. The molecule has 2 aromatic rings. The molecule has 2 rings (SSSR count). The summed E-state index contributed by atoms with van der Waals surface area (Å²) in [5, 5.41) is 0. The van der Waals surface area contributed by atoms with Crippen molar-refractivity contribution in [3.63, 3.8) is 0 Å². The second-order valence-electron chi connectivity index (χ2n) is 6.97. The first-order chi connectivity index (χ1) is 11.0. The zero-order chi connectivity index (χ0) is 18.1. The van der Waals surface area contributed by atoms with Crippen molar-refractivity contribution in [2.24, 2.45) is 0 Å². The number of Topliss-reactive ketones (excluding diaryl/α,β-unsaturated/α-hetero) is 1. The van der Waals surface area contributed by atoms with Crippen LogP contribution in [-0.4, -0.2) is 14.2 Å². The van der Waals surface area contributed by atoms with Crippen LogP contribution in [0.15, 0.2) is 47.4 Å². The average molecular weight is 345 g/mol. The fourth-order valence-corrected chi connectivity index (χ4v) is 3.69. The van der Waals surface area contributed by atoms with Crippen LogP contribution in [-0.2, 0) is 15.4 Å². The van der Waals surface area contributed by atoms with Crippen molar-refractivity contribution >= 4 is 21.5 Å². The first-order valence-electron chi connectivity index (χ1n) is 7.76. The molecule has 0 saturated heterocycles. The molecule has 1 N–H and O–H groups in total. The minimum atomic E-state index is -3.73. The van der Waals surface area contributed by atoms with Gasteiger partial charge in [0.25, 0.3) is 10.0 Å². The Morgan fingerprint density at radius 2 is 1.71 bits per heavy atom. The average Bonchev–Trinajstić information content (AvgIpc) is 2.46. The monoisotopic (exact) mass is 345 g/mol. The molecule has 4 nitrogen and oxygen atoms in total. The van der Waals surface area contributed by atoms with Crippen LogP contribution in [0.4, 0.5) is 5.69 Å². The molecule has 0 radical (unpaired) electrons. The van der Waals surface area contributed by atoms with Crippen molar-refractivity contribution in [3.8, 4) is 0 Å². The van der Waals surface area contributed by atoms with Gasteiger partial charge in [-0.1, -0.05) is 45.0 Å². The van der Waals surface area contributed by atoms with Crippen LogP contribution in [0, 0.1) is 6.92 Å². The summed E-state index contributed by atoms with van der Waals surface area (Å²) < 4.78 is 28.1. The topological polar surface area (TPSA) is 63.2 Å². The Morgan fingerprint density at radius 1 is 1.04 bits per heavy atom. The molecule has 0 aromatic heterocycles. The van der Waals surface area contributed by atoms with Gasteiger partial charge in [-0.05, 0) is 48.6 Å². The Morgan fingerprint density at radius 3 is 2.29 bits per heavy atom. The number of anilines is 1. The summed E-state index contributed by atoms with van der Waals surface area (Å²) in [4.78, 5) is 11.7. The van der Waals surface area contributed by atoms with Gasteiger partial charge in [-0.25, -0.2) is 8.42 Å². The molecule has 0 aliphatic carbocycles. The van der Waals surface area contributed by atoms with Crippen molar-refractivity contribution in [1.82, 2.24) is 0 Å². The molecule has 0 saturated carbocycles. The largest absolute Gasteiger partial charge is 0.295 e. The molecule has 0 amide bonds. The van der Waals surface area contributed by atoms with E-state index in [1.807, 2.05) is 32.9 Å². The summed E-state index contributed by atoms with van der Waals surface area (Å²) in [5.41, 5.74) is 2.33. The maximum Gasteiger partial charge on any atom is 0.262 e. The lowest BCUT2D eigenvalue weighted by Gasteiger charge is -2.21. The molecule has 24 heavy (non-hydrogen) atoms. The Kier molecular flexibility index (Phi) is 4.85. The fourth-order valence-electron chi connectivity index (χ4n) is 2.37. The highest BCUT2D eigenvalue weighted by atomic mass is 32.2. The summed E-state index contributed by atoms with van der Waals surface area (Å²) in [6.45, 7) is 9.34. The molecule has 0 heterocycles. The lowest BCUT2D eigenvalue weighted by atomic mass is 9.87. The quantitative estimate of drug-likeness (QED) is 0.841. The van der Waals surface area contributed by atoms with E-state index in [2.05, 4.69) is 4.72 Å². The standard InChI is InChI=1S/C19H23NO3S/c1-13-9-10-16(19(3,4)5)12-18(13)24(22,23)20-17-8-6-7-15(11-17)14(2)21/h6-12,20H,1-5H3. The zero-order valence-electron chi connectivity index (χ0n) is 14.7. The van der Waals surface area contributed by atoms with Gasteiger partial charge in [-0.2, -0.15) is 0 Å². The smallest absolute Gasteiger partial charge is 0.262 e. The van der Waals surface area contributed by atoms with E-state index in [9.17, 15) is 13.2 Å². The summed E-state index contributed by atoms with van der Waals surface area (Å²) in [5.74, 6) is -0.109. The molecule has 0 bridgehead atoms. The van der Waals surface area contributed by atoms with E-state index >= 15 is 0 Å². The SMILES string of the molecule is CC(=O)c1cccc(NS(=O)(=O)c2cc(C(C)(C)C)ccc2C)c1. The van der Waals surface area contributed by atoms with E-state index < -0.39 is 10.0 Å². The number of benzene rings is 2. The third kappa shape index (κ3) is 4.03. The van der Waals surface area contributed by atoms with Gasteiger partial charge in [0.2, 0.25) is 0 Å². The van der Waals surface area contributed by atoms with Crippen molar-refractivity contribution in [2.45, 2.75) is 44.9 Å². The van der Waals surface area contributed by atoms with Gasteiger partial charge in [0.15, 0.2) is 5.78 Å². The number of rotatable bonds is 4. The predicted octanol–water partition coefficient (Wildman–Crippen LogP) is 4.30. The Bertz CT molecular complexity index is 878. The van der Waals surface area contributed by atoms with Gasteiger partial charge >= 0.3 is 0 Å². The van der Waals surface area contributed by atoms with Crippen LogP contribution >= 0.6 is 0 Å². The molecule has 128 valence electrons. The van der Waals surface area contributed by atoms with Crippen LogP contribution < -0.4 is 4.72 Å². The van der Waals surface area contributed by atoms with E-state index in [1.54, 1.807) is 37.3 Å². The molecule has 0 aliphatic rings. The van der Waals surface area contributed by atoms with Crippen molar-refractivity contribution in [2.75, 3.05) is 4.72 Å². The molecular formula is C19H23NO3S. The molecule has 0 unspecified atom stereocenters. The fraction of sp³-hybridized carbons (Fsp3) is 0.316. The highest BCUT2D eigenvalue weighted by Crippen LogP contribution is 2.28. The first kappa shape index (κ1) is 18.2. The number of hydrogen-bond acceptors (Lipinski definition) is 3. The van der Waals surface area contributed by atoms with Crippen LogP contribution in [0.2, 0.25) is 0 Å². The number of ketones is 1. The third-order valence-corrected chi connectivity index (χ3v) is 5.39. The second kappa shape index (κ2) is 6.40. The van der Waals surface area contributed by atoms with Gasteiger partial charge in [-0.15, -0.1) is 0 Å². The maximum atomic E-state index is 12.8. The first-order valence-corrected chi connectivity index (χ1v) is 9.24. The van der Waals surface area contributed by atoms with Crippen LogP contribution in [0.3, 0.4) is 0 Å². The summed E-state index contributed by atoms with van der Waals surface area (Å²) in [6, 6.07) is 12.0. The minimum Gasteiger partial charge on any atom is -0.295 e.